The van der Waals surface area contributed by atoms with Crippen molar-refractivity contribution in [3.8, 4) is 0 Å². The van der Waals surface area contributed by atoms with Gasteiger partial charge in [0.05, 0.1) is 7.11 Å². The number of methoxy groups -OCH3 is 1. The number of pyridine rings is 1. The second-order valence-corrected chi connectivity index (χ2v) is 3.98. The third kappa shape index (κ3) is 4.91. The van der Waals surface area contributed by atoms with Crippen LogP contribution in [0.25, 0.3) is 0 Å². The zero-order valence-corrected chi connectivity index (χ0v) is 11.0. The highest BCUT2D eigenvalue weighted by Gasteiger charge is 2.21. The number of aromatic nitrogens is 1. The minimum Gasteiger partial charge on any atom is -0.467 e. The number of hydrogen-bond donors (Lipinski definition) is 1. The molecule has 1 heterocycles. The van der Waals surface area contributed by atoms with Gasteiger partial charge < -0.3 is 10.1 Å². The van der Waals surface area contributed by atoms with Crippen molar-refractivity contribution in [3.63, 3.8) is 0 Å². The summed E-state index contributed by atoms with van der Waals surface area (Å²) in [7, 11) is 1.30. The lowest BCUT2D eigenvalue weighted by Gasteiger charge is -2.15. The van der Waals surface area contributed by atoms with Gasteiger partial charge in [-0.2, -0.15) is 0 Å². The molecule has 1 atom stereocenters. The van der Waals surface area contributed by atoms with Crippen LogP contribution in [0.5, 0.6) is 0 Å². The lowest BCUT2D eigenvalue weighted by Crippen LogP contribution is -2.41. The highest BCUT2D eigenvalue weighted by atomic mass is 16.5. The van der Waals surface area contributed by atoms with Gasteiger partial charge in [-0.3, -0.25) is 9.78 Å². The second kappa shape index (κ2) is 8.02. The highest BCUT2D eigenvalue weighted by molar-refractivity contribution is 5.95. The zero-order valence-electron chi connectivity index (χ0n) is 11.0. The van der Waals surface area contributed by atoms with Gasteiger partial charge in [0.2, 0.25) is 0 Å². The van der Waals surface area contributed by atoms with E-state index in [0.29, 0.717) is 6.42 Å². The molecule has 1 aromatic heterocycles. The lowest BCUT2D eigenvalue weighted by atomic mass is 10.1. The maximum atomic E-state index is 11.9. The Morgan fingerprint density at radius 3 is 2.89 bits per heavy atom. The van der Waals surface area contributed by atoms with Gasteiger partial charge in [-0.15, -0.1) is 6.58 Å². The lowest BCUT2D eigenvalue weighted by molar-refractivity contribution is -0.143. The van der Waals surface area contributed by atoms with Crippen LogP contribution in [-0.4, -0.2) is 30.0 Å². The molecule has 0 bridgehead atoms. The van der Waals surface area contributed by atoms with Crippen molar-refractivity contribution in [2.75, 3.05) is 7.11 Å². The van der Waals surface area contributed by atoms with Crippen molar-refractivity contribution >= 4 is 11.9 Å². The molecule has 5 heteroatoms. The summed E-state index contributed by atoms with van der Waals surface area (Å²) in [5.41, 5.74) is 0.278. The first-order valence-electron chi connectivity index (χ1n) is 6.09. The number of nitrogens with zero attached hydrogens (tertiary/aromatic N) is 1. The number of amides is 1. The molecule has 19 heavy (non-hydrogen) atoms. The zero-order chi connectivity index (χ0) is 14.1. The smallest absolute Gasteiger partial charge is 0.328 e. The Hall–Kier alpha value is -2.17. The van der Waals surface area contributed by atoms with E-state index in [9.17, 15) is 9.59 Å². The SMILES string of the molecule is C=CCCC[C@@H](NC(=O)c1ccccn1)C(=O)OC. The Morgan fingerprint density at radius 1 is 1.53 bits per heavy atom. The molecule has 1 rings (SSSR count). The number of carbonyl (C=O) groups excluding carboxylic acids is 2. The molecular weight excluding hydrogens is 244 g/mol. The molecule has 0 saturated carbocycles. The number of rotatable bonds is 7. The minimum atomic E-state index is -0.653. The normalized spacial score (nSPS) is 11.4. The van der Waals surface area contributed by atoms with Crippen LogP contribution < -0.4 is 5.32 Å². The van der Waals surface area contributed by atoms with E-state index in [0.717, 1.165) is 12.8 Å². The average molecular weight is 262 g/mol. The summed E-state index contributed by atoms with van der Waals surface area (Å²) >= 11 is 0. The van der Waals surface area contributed by atoms with Gasteiger partial charge in [-0.25, -0.2) is 4.79 Å². The Kier molecular flexibility index (Phi) is 6.29. The average Bonchev–Trinajstić information content (AvgIpc) is 2.46. The molecular formula is C14H18N2O3. The van der Waals surface area contributed by atoms with Crippen molar-refractivity contribution in [1.29, 1.82) is 0 Å². The summed E-state index contributed by atoms with van der Waals surface area (Å²) in [6.45, 7) is 3.62. The molecule has 0 saturated heterocycles. The highest BCUT2D eigenvalue weighted by Crippen LogP contribution is 2.05. The van der Waals surface area contributed by atoms with Crippen molar-refractivity contribution in [2.45, 2.75) is 25.3 Å². The van der Waals surface area contributed by atoms with Gasteiger partial charge in [-0.05, 0) is 31.4 Å². The van der Waals surface area contributed by atoms with Gasteiger partial charge in [-0.1, -0.05) is 12.1 Å². The maximum absolute atomic E-state index is 11.9. The van der Waals surface area contributed by atoms with Gasteiger partial charge in [0.15, 0.2) is 0 Å². The van der Waals surface area contributed by atoms with Crippen LogP contribution in [-0.2, 0) is 9.53 Å². The fourth-order valence-electron chi connectivity index (χ4n) is 1.59. The van der Waals surface area contributed by atoms with Crippen LogP contribution in [0.2, 0.25) is 0 Å². The summed E-state index contributed by atoms with van der Waals surface area (Å²) in [6, 6.07) is 4.37. The standard InChI is InChI=1S/C14H18N2O3/c1-3-4-5-9-12(14(18)19-2)16-13(17)11-8-6-7-10-15-11/h3,6-8,10,12H,1,4-5,9H2,2H3,(H,16,17)/t12-/m1/s1. The van der Waals surface area contributed by atoms with Crippen LogP contribution in [0.1, 0.15) is 29.8 Å². The first-order valence-corrected chi connectivity index (χ1v) is 6.09. The summed E-state index contributed by atoms with van der Waals surface area (Å²) in [5.74, 6) is -0.831. The molecule has 1 amide bonds. The van der Waals surface area contributed by atoms with E-state index < -0.39 is 12.0 Å². The van der Waals surface area contributed by atoms with Crippen LogP contribution in [0, 0.1) is 0 Å². The van der Waals surface area contributed by atoms with Gasteiger partial charge >= 0.3 is 5.97 Å². The quantitative estimate of drug-likeness (QED) is 0.461. The van der Waals surface area contributed by atoms with Gasteiger partial charge in [0, 0.05) is 6.20 Å². The number of hydrogen-bond acceptors (Lipinski definition) is 4. The Morgan fingerprint density at radius 2 is 2.32 bits per heavy atom. The topological polar surface area (TPSA) is 68.3 Å². The van der Waals surface area contributed by atoms with Gasteiger partial charge in [0.25, 0.3) is 5.91 Å². The molecule has 0 aliphatic heterocycles. The predicted octanol–water partition coefficient (Wildman–Crippen LogP) is 1.71. The Balaban J connectivity index is 2.63. The molecule has 102 valence electrons. The largest absolute Gasteiger partial charge is 0.467 e. The van der Waals surface area contributed by atoms with Crippen LogP contribution in [0.15, 0.2) is 37.1 Å². The first kappa shape index (κ1) is 14.9. The number of nitrogens with one attached hydrogen (secondary N) is 1. The molecule has 1 aromatic rings. The number of allylic oxidation sites excluding steroid dienone is 1. The molecule has 0 fully saturated rings. The fraction of sp³-hybridized carbons (Fsp3) is 0.357. The van der Waals surface area contributed by atoms with Crippen molar-refractivity contribution in [1.82, 2.24) is 10.3 Å². The summed E-state index contributed by atoms with van der Waals surface area (Å²) in [6.07, 6.45) is 5.35. The molecule has 0 spiro atoms. The van der Waals surface area contributed by atoms with Crippen molar-refractivity contribution in [2.24, 2.45) is 0 Å². The van der Waals surface area contributed by atoms with Crippen molar-refractivity contribution in [3.05, 3.63) is 42.7 Å². The third-order valence-electron chi connectivity index (χ3n) is 2.59. The molecule has 1 N–H and O–H groups in total. The summed E-state index contributed by atoms with van der Waals surface area (Å²) in [5, 5.41) is 2.63. The number of ether oxygens (including phenoxy) is 1. The van der Waals surface area contributed by atoms with E-state index in [1.165, 1.54) is 13.3 Å². The Bertz CT molecular complexity index is 432. The second-order valence-electron chi connectivity index (χ2n) is 3.98. The minimum absolute atomic E-state index is 0.278. The van der Waals surface area contributed by atoms with Crippen LogP contribution in [0.4, 0.5) is 0 Å². The predicted molar refractivity (Wildman–Crippen MR) is 71.6 cm³/mol. The monoisotopic (exact) mass is 262 g/mol. The van der Waals surface area contributed by atoms with E-state index in [2.05, 4.69) is 21.6 Å². The van der Waals surface area contributed by atoms with Crippen LogP contribution >= 0.6 is 0 Å². The fourth-order valence-corrected chi connectivity index (χ4v) is 1.59. The molecule has 5 nitrogen and oxygen atoms in total. The summed E-state index contributed by atoms with van der Waals surface area (Å²) in [4.78, 5) is 27.4. The van der Waals surface area contributed by atoms with E-state index in [1.54, 1.807) is 24.3 Å². The molecule has 0 radical (unpaired) electrons. The van der Waals surface area contributed by atoms with Crippen LogP contribution in [0.3, 0.4) is 0 Å². The first-order chi connectivity index (χ1) is 9.19. The van der Waals surface area contributed by atoms with E-state index in [4.69, 9.17) is 0 Å². The number of unbranched alkanes of at least 4 members (excludes halogenated alkanes) is 1. The molecule has 0 unspecified atom stereocenters. The molecule has 0 aliphatic rings. The molecule has 0 aliphatic carbocycles. The Labute approximate surface area is 112 Å². The number of carbonyl (C=O) groups is 2. The van der Waals surface area contributed by atoms with Crippen molar-refractivity contribution < 1.29 is 14.3 Å². The van der Waals surface area contributed by atoms with Gasteiger partial charge in [0.1, 0.15) is 11.7 Å². The maximum Gasteiger partial charge on any atom is 0.328 e. The van der Waals surface area contributed by atoms with E-state index in [1.807, 2.05) is 0 Å². The van der Waals surface area contributed by atoms with E-state index in [-0.39, 0.29) is 11.6 Å². The third-order valence-corrected chi connectivity index (χ3v) is 2.59. The molecule has 0 aromatic carbocycles. The summed E-state index contributed by atoms with van der Waals surface area (Å²) < 4.78 is 4.68. The van der Waals surface area contributed by atoms with E-state index >= 15 is 0 Å². The number of esters is 1.